The second-order valence-corrected chi connectivity index (χ2v) is 9.67. The lowest BCUT2D eigenvalue weighted by atomic mass is 9.71. The third-order valence-corrected chi connectivity index (χ3v) is 7.46. The molecule has 0 bridgehead atoms. The molecule has 2 aromatic carbocycles. The number of nitrogens with zero attached hydrogens (tertiary/aromatic N) is 4. The van der Waals surface area contributed by atoms with Crippen molar-refractivity contribution >= 4 is 22.8 Å². The van der Waals surface area contributed by atoms with Crippen LogP contribution < -0.4 is 0 Å². The lowest BCUT2D eigenvalue weighted by Gasteiger charge is -2.54. The number of H-pyrrole nitrogens is 1. The van der Waals surface area contributed by atoms with Gasteiger partial charge in [-0.05, 0) is 61.1 Å². The molecule has 3 fully saturated rings. The number of nitrogens with one attached hydrogen (secondary N) is 1. The number of amides is 2. The summed E-state index contributed by atoms with van der Waals surface area (Å²) in [5.41, 5.74) is 2.63. The average molecular weight is 451 g/mol. The molecule has 170 valence electrons. The largest absolute Gasteiger partial charge is 0.342 e. The van der Waals surface area contributed by atoms with Crippen molar-refractivity contribution in [2.45, 2.75) is 25.2 Å². The number of piperidine rings is 1. The summed E-state index contributed by atoms with van der Waals surface area (Å²) >= 11 is 0. The molecule has 3 heterocycles. The van der Waals surface area contributed by atoms with E-state index in [9.17, 15) is 18.4 Å². The summed E-state index contributed by atoms with van der Waals surface area (Å²) in [5, 5.41) is 10.6. The van der Waals surface area contributed by atoms with Crippen molar-refractivity contribution in [3.05, 3.63) is 59.2 Å². The molecular formula is C24H23F2N5O2. The van der Waals surface area contributed by atoms with Gasteiger partial charge < -0.3 is 9.80 Å². The van der Waals surface area contributed by atoms with Gasteiger partial charge in [0, 0.05) is 49.1 Å². The van der Waals surface area contributed by atoms with Crippen LogP contribution in [0.2, 0.25) is 0 Å². The predicted octanol–water partition coefficient (Wildman–Crippen LogP) is 3.10. The van der Waals surface area contributed by atoms with Crippen LogP contribution in [0.5, 0.6) is 0 Å². The van der Waals surface area contributed by atoms with Crippen LogP contribution in [0.15, 0.2) is 36.4 Å². The van der Waals surface area contributed by atoms with Gasteiger partial charge in [0.1, 0.15) is 22.7 Å². The number of likely N-dealkylation sites (tertiary alicyclic amines) is 2. The molecule has 2 saturated heterocycles. The van der Waals surface area contributed by atoms with E-state index in [1.807, 2.05) is 9.80 Å². The number of halogens is 2. The Labute approximate surface area is 188 Å². The van der Waals surface area contributed by atoms with E-state index in [2.05, 4.69) is 15.4 Å². The van der Waals surface area contributed by atoms with Crippen LogP contribution in [0.25, 0.3) is 11.0 Å². The molecule has 1 aromatic heterocycles. The first kappa shape index (κ1) is 20.3. The Morgan fingerprint density at radius 1 is 0.939 bits per heavy atom. The van der Waals surface area contributed by atoms with Crippen molar-refractivity contribution in [3.63, 3.8) is 0 Å². The van der Waals surface area contributed by atoms with Gasteiger partial charge in [-0.1, -0.05) is 0 Å². The van der Waals surface area contributed by atoms with Gasteiger partial charge in [-0.3, -0.25) is 9.59 Å². The van der Waals surface area contributed by atoms with Gasteiger partial charge in [0.05, 0.1) is 0 Å². The lowest BCUT2D eigenvalue weighted by Crippen LogP contribution is -2.62. The summed E-state index contributed by atoms with van der Waals surface area (Å²) in [4.78, 5) is 29.5. The van der Waals surface area contributed by atoms with Crippen molar-refractivity contribution in [1.29, 1.82) is 0 Å². The van der Waals surface area contributed by atoms with Gasteiger partial charge >= 0.3 is 0 Å². The molecule has 1 spiro atoms. The quantitative estimate of drug-likeness (QED) is 0.664. The average Bonchev–Trinajstić information content (AvgIpc) is 3.45. The number of carbonyl (C=O) groups excluding carboxylic acids is 2. The number of aromatic nitrogens is 3. The topological polar surface area (TPSA) is 82.2 Å². The first-order chi connectivity index (χ1) is 15.9. The van der Waals surface area contributed by atoms with Gasteiger partial charge in [-0.15, -0.1) is 0 Å². The minimum Gasteiger partial charge on any atom is -0.342 e. The first-order valence-corrected chi connectivity index (χ1v) is 11.3. The number of fused-ring (bicyclic) bond motifs is 1. The molecule has 2 atom stereocenters. The highest BCUT2D eigenvalue weighted by atomic mass is 19.1. The standard InChI is InChI=1S/C24H23F2N5O2/c25-16-7-15(8-17(26)10-16)18-11-19(18)23(33)30-5-3-24(4-6-30)12-31(13-24)22(32)14-1-2-20-21(9-14)28-29-27-20/h1-2,7-10,18-19H,3-6,11-13H2,(H,27,28,29)/t18-,19?/m0/s1. The van der Waals surface area contributed by atoms with E-state index in [1.54, 1.807) is 18.2 Å². The van der Waals surface area contributed by atoms with Crippen LogP contribution in [0.4, 0.5) is 8.78 Å². The van der Waals surface area contributed by atoms with Crippen molar-refractivity contribution in [3.8, 4) is 0 Å². The van der Waals surface area contributed by atoms with Crippen LogP contribution in [0, 0.1) is 23.0 Å². The zero-order valence-electron chi connectivity index (χ0n) is 17.9. The molecule has 33 heavy (non-hydrogen) atoms. The van der Waals surface area contributed by atoms with Crippen LogP contribution in [-0.2, 0) is 4.79 Å². The van der Waals surface area contributed by atoms with Crippen LogP contribution in [0.1, 0.15) is 41.1 Å². The Morgan fingerprint density at radius 3 is 2.36 bits per heavy atom. The van der Waals surface area contributed by atoms with Gasteiger partial charge in [0.25, 0.3) is 5.91 Å². The number of hydrogen-bond acceptors (Lipinski definition) is 4. The molecule has 6 rings (SSSR count). The monoisotopic (exact) mass is 451 g/mol. The molecule has 1 aliphatic carbocycles. The van der Waals surface area contributed by atoms with E-state index in [0.717, 1.165) is 24.4 Å². The molecular weight excluding hydrogens is 428 g/mol. The van der Waals surface area contributed by atoms with E-state index in [4.69, 9.17) is 0 Å². The third-order valence-electron chi connectivity index (χ3n) is 7.46. The minimum absolute atomic E-state index is 0.00724. The number of benzene rings is 2. The summed E-state index contributed by atoms with van der Waals surface area (Å²) in [6, 6.07) is 8.82. The Bertz CT molecular complexity index is 1240. The maximum absolute atomic E-state index is 13.5. The molecule has 3 aromatic rings. The fourth-order valence-corrected chi connectivity index (χ4v) is 5.44. The Hall–Kier alpha value is -3.36. The molecule has 2 amide bonds. The molecule has 1 unspecified atom stereocenters. The van der Waals surface area contributed by atoms with E-state index in [0.29, 0.717) is 49.2 Å². The zero-order chi connectivity index (χ0) is 22.7. The summed E-state index contributed by atoms with van der Waals surface area (Å²) in [5.74, 6) is -1.43. The highest BCUT2D eigenvalue weighted by molar-refractivity contribution is 5.97. The summed E-state index contributed by atoms with van der Waals surface area (Å²) in [7, 11) is 0. The normalized spacial score (nSPS) is 23.6. The summed E-state index contributed by atoms with van der Waals surface area (Å²) < 4.78 is 27.0. The van der Waals surface area contributed by atoms with Crippen LogP contribution in [0.3, 0.4) is 0 Å². The Balaban J connectivity index is 1.03. The molecule has 1 N–H and O–H groups in total. The maximum Gasteiger partial charge on any atom is 0.253 e. The number of carbonyl (C=O) groups is 2. The van der Waals surface area contributed by atoms with Crippen LogP contribution >= 0.6 is 0 Å². The lowest BCUT2D eigenvalue weighted by molar-refractivity contribution is -0.137. The maximum atomic E-state index is 13.5. The van der Waals surface area contributed by atoms with Crippen molar-refractivity contribution < 1.29 is 18.4 Å². The first-order valence-electron chi connectivity index (χ1n) is 11.3. The predicted molar refractivity (Wildman–Crippen MR) is 115 cm³/mol. The Kier molecular flexibility index (Phi) is 4.50. The molecule has 3 aliphatic rings. The van der Waals surface area contributed by atoms with Gasteiger partial charge in [0.15, 0.2) is 0 Å². The van der Waals surface area contributed by atoms with Gasteiger partial charge in [0.2, 0.25) is 5.91 Å². The summed E-state index contributed by atoms with van der Waals surface area (Å²) in [6.07, 6.45) is 2.36. The number of aromatic amines is 1. The highest BCUT2D eigenvalue weighted by Crippen LogP contribution is 2.50. The SMILES string of the molecule is O=C(c1ccc2n[nH]nc2c1)N1CC2(CCN(C(=O)C3C[C@H]3c3cc(F)cc(F)c3)CC2)C1. The molecule has 2 aliphatic heterocycles. The summed E-state index contributed by atoms with van der Waals surface area (Å²) in [6.45, 7) is 2.71. The highest BCUT2D eigenvalue weighted by Gasteiger charge is 2.50. The molecule has 0 radical (unpaired) electrons. The van der Waals surface area contributed by atoms with E-state index in [-0.39, 0.29) is 29.1 Å². The van der Waals surface area contributed by atoms with Gasteiger partial charge in [-0.25, -0.2) is 8.78 Å². The van der Waals surface area contributed by atoms with Crippen molar-refractivity contribution in [2.75, 3.05) is 26.2 Å². The number of rotatable bonds is 3. The molecule has 1 saturated carbocycles. The van der Waals surface area contributed by atoms with Crippen molar-refractivity contribution in [2.24, 2.45) is 11.3 Å². The van der Waals surface area contributed by atoms with E-state index < -0.39 is 11.6 Å². The molecule has 9 heteroatoms. The number of hydrogen-bond donors (Lipinski definition) is 1. The fraction of sp³-hybridized carbons (Fsp3) is 0.417. The second kappa shape index (κ2) is 7.33. The van der Waals surface area contributed by atoms with Gasteiger partial charge in [-0.2, -0.15) is 15.4 Å². The third kappa shape index (κ3) is 3.55. The van der Waals surface area contributed by atoms with E-state index >= 15 is 0 Å². The Morgan fingerprint density at radius 2 is 1.64 bits per heavy atom. The van der Waals surface area contributed by atoms with Crippen molar-refractivity contribution in [1.82, 2.24) is 25.2 Å². The second-order valence-electron chi connectivity index (χ2n) is 9.67. The molecule has 7 nitrogen and oxygen atoms in total. The zero-order valence-corrected chi connectivity index (χ0v) is 17.9. The van der Waals surface area contributed by atoms with E-state index in [1.165, 1.54) is 12.1 Å². The minimum atomic E-state index is -0.604. The smallest absolute Gasteiger partial charge is 0.253 e. The van der Waals surface area contributed by atoms with Crippen LogP contribution in [-0.4, -0.2) is 63.2 Å². The fourth-order valence-electron chi connectivity index (χ4n) is 5.44.